The molecule has 0 aliphatic carbocycles. The molecule has 1 aliphatic rings. The third-order valence-corrected chi connectivity index (χ3v) is 4.41. The van der Waals surface area contributed by atoms with Gasteiger partial charge in [0, 0.05) is 12.4 Å². The largest absolute Gasteiger partial charge is 0.494 e. The van der Waals surface area contributed by atoms with Crippen molar-refractivity contribution in [1.82, 2.24) is 9.78 Å². The Kier molecular flexibility index (Phi) is 2.69. The third kappa shape index (κ3) is 1.83. The van der Waals surface area contributed by atoms with Crippen molar-refractivity contribution < 1.29 is 9.31 Å². The van der Waals surface area contributed by atoms with Crippen molar-refractivity contribution in [3.05, 3.63) is 18.3 Å². The quantitative estimate of drug-likeness (QED) is 0.631. The number of aromatic nitrogens is 2. The summed E-state index contributed by atoms with van der Waals surface area (Å²) in [5, 5.41) is 5.23. The minimum atomic E-state index is -0.396. The van der Waals surface area contributed by atoms with E-state index in [9.17, 15) is 0 Å². The summed E-state index contributed by atoms with van der Waals surface area (Å²) in [5.74, 6) is 0. The Morgan fingerprint density at radius 1 is 1.15 bits per heavy atom. The first kappa shape index (κ1) is 13.5. The van der Waals surface area contributed by atoms with Crippen LogP contribution in [0.25, 0.3) is 10.9 Å². The van der Waals surface area contributed by atoms with Gasteiger partial charge < -0.3 is 15.0 Å². The molecule has 20 heavy (non-hydrogen) atoms. The number of hydrogen-bond donors (Lipinski definition) is 1. The zero-order chi connectivity index (χ0) is 14.7. The number of nitrogen functional groups attached to an aromatic ring is 1. The summed E-state index contributed by atoms with van der Waals surface area (Å²) in [6, 6.07) is 3.94. The number of nitrogens with two attached hydrogens (primary N) is 1. The molecule has 0 unspecified atom stereocenters. The second-order valence-electron chi connectivity index (χ2n) is 6.40. The standard InChI is InChI=1S/C14H20BN3O2/c1-13(2)14(3,4)20-15(19-13)10-6-9-8-17-18(5)12(9)11(16)7-10/h6-8H,16H2,1-5H3. The fourth-order valence-corrected chi connectivity index (χ4v) is 2.50. The Balaban J connectivity index is 2.04. The third-order valence-electron chi connectivity index (χ3n) is 4.41. The van der Waals surface area contributed by atoms with Crippen LogP contribution >= 0.6 is 0 Å². The van der Waals surface area contributed by atoms with Crippen molar-refractivity contribution >= 4 is 29.2 Å². The minimum Gasteiger partial charge on any atom is -0.399 e. The van der Waals surface area contributed by atoms with Gasteiger partial charge in [-0.25, -0.2) is 0 Å². The lowest BCUT2D eigenvalue weighted by atomic mass is 9.78. The molecule has 6 heteroatoms. The number of benzene rings is 1. The van der Waals surface area contributed by atoms with Crippen LogP contribution in [-0.4, -0.2) is 28.1 Å². The van der Waals surface area contributed by atoms with Gasteiger partial charge in [0.25, 0.3) is 0 Å². The molecule has 0 spiro atoms. The zero-order valence-corrected chi connectivity index (χ0v) is 12.6. The van der Waals surface area contributed by atoms with Crippen LogP contribution in [0.5, 0.6) is 0 Å². The van der Waals surface area contributed by atoms with E-state index in [0.29, 0.717) is 5.69 Å². The van der Waals surface area contributed by atoms with Gasteiger partial charge in [-0.3, -0.25) is 4.68 Å². The lowest BCUT2D eigenvalue weighted by Crippen LogP contribution is -2.41. The predicted molar refractivity (Wildman–Crippen MR) is 80.8 cm³/mol. The van der Waals surface area contributed by atoms with E-state index in [0.717, 1.165) is 16.4 Å². The first-order chi connectivity index (χ1) is 9.21. The Morgan fingerprint density at radius 2 is 1.75 bits per heavy atom. The van der Waals surface area contributed by atoms with Crippen molar-refractivity contribution in [2.24, 2.45) is 7.05 Å². The van der Waals surface area contributed by atoms with E-state index in [1.54, 1.807) is 10.9 Å². The van der Waals surface area contributed by atoms with Gasteiger partial charge in [0.2, 0.25) is 0 Å². The summed E-state index contributed by atoms with van der Waals surface area (Å²) in [7, 11) is 1.49. The first-order valence-corrected chi connectivity index (χ1v) is 6.78. The van der Waals surface area contributed by atoms with E-state index in [-0.39, 0.29) is 11.2 Å². The molecule has 2 N–H and O–H groups in total. The molecule has 1 aliphatic heterocycles. The highest BCUT2D eigenvalue weighted by molar-refractivity contribution is 6.62. The molecular weight excluding hydrogens is 253 g/mol. The molecule has 106 valence electrons. The van der Waals surface area contributed by atoms with Gasteiger partial charge in [-0.15, -0.1) is 0 Å². The number of fused-ring (bicyclic) bond motifs is 1. The number of aryl methyl sites for hydroxylation is 1. The van der Waals surface area contributed by atoms with Crippen molar-refractivity contribution in [2.45, 2.75) is 38.9 Å². The van der Waals surface area contributed by atoms with Gasteiger partial charge in [0.05, 0.1) is 28.6 Å². The average Bonchev–Trinajstić information content (AvgIpc) is 2.78. The lowest BCUT2D eigenvalue weighted by Gasteiger charge is -2.32. The maximum Gasteiger partial charge on any atom is 0.494 e. The summed E-state index contributed by atoms with van der Waals surface area (Å²) in [4.78, 5) is 0. The van der Waals surface area contributed by atoms with Crippen molar-refractivity contribution in [1.29, 1.82) is 0 Å². The summed E-state index contributed by atoms with van der Waals surface area (Å²) in [5.41, 5.74) is 7.99. The smallest absolute Gasteiger partial charge is 0.399 e. The summed E-state index contributed by atoms with van der Waals surface area (Å²) in [6.45, 7) is 8.16. The average molecular weight is 273 g/mol. The molecule has 0 bridgehead atoms. The second kappa shape index (κ2) is 3.99. The molecule has 5 nitrogen and oxygen atoms in total. The van der Waals surface area contributed by atoms with Gasteiger partial charge in [0.1, 0.15) is 0 Å². The van der Waals surface area contributed by atoms with Gasteiger partial charge in [0.15, 0.2) is 0 Å². The molecule has 0 radical (unpaired) electrons. The summed E-state index contributed by atoms with van der Waals surface area (Å²) < 4.78 is 13.9. The zero-order valence-electron chi connectivity index (χ0n) is 12.6. The van der Waals surface area contributed by atoms with Crippen LogP contribution < -0.4 is 11.2 Å². The molecule has 0 amide bonds. The van der Waals surface area contributed by atoms with Crippen LogP contribution in [-0.2, 0) is 16.4 Å². The summed E-state index contributed by atoms with van der Waals surface area (Å²) >= 11 is 0. The molecule has 2 heterocycles. The number of rotatable bonds is 1. The monoisotopic (exact) mass is 273 g/mol. The van der Waals surface area contributed by atoms with E-state index in [4.69, 9.17) is 15.0 Å². The first-order valence-electron chi connectivity index (χ1n) is 6.78. The second-order valence-corrected chi connectivity index (χ2v) is 6.40. The van der Waals surface area contributed by atoms with E-state index in [1.807, 2.05) is 46.9 Å². The van der Waals surface area contributed by atoms with Crippen molar-refractivity contribution in [3.63, 3.8) is 0 Å². The van der Waals surface area contributed by atoms with Gasteiger partial charge in [-0.05, 0) is 39.2 Å². The Morgan fingerprint density at radius 3 is 2.35 bits per heavy atom. The highest BCUT2D eigenvalue weighted by atomic mass is 16.7. The van der Waals surface area contributed by atoms with Crippen LogP contribution in [0.1, 0.15) is 27.7 Å². The van der Waals surface area contributed by atoms with Crippen LogP contribution in [0.15, 0.2) is 18.3 Å². The topological polar surface area (TPSA) is 62.3 Å². The fourth-order valence-electron chi connectivity index (χ4n) is 2.50. The Labute approximate surface area is 119 Å². The highest BCUT2D eigenvalue weighted by Gasteiger charge is 2.51. The molecule has 1 fully saturated rings. The SMILES string of the molecule is Cn1ncc2cc(B3OC(C)(C)C(C)(C)O3)cc(N)c21. The van der Waals surface area contributed by atoms with E-state index in [2.05, 4.69) is 5.10 Å². The Bertz CT molecular complexity index is 662. The molecular formula is C14H20BN3O2. The van der Waals surface area contributed by atoms with Crippen LogP contribution in [0.4, 0.5) is 5.69 Å². The van der Waals surface area contributed by atoms with E-state index < -0.39 is 7.12 Å². The normalized spacial score (nSPS) is 20.8. The fraction of sp³-hybridized carbons (Fsp3) is 0.500. The number of nitrogens with zero attached hydrogens (tertiary/aromatic N) is 2. The minimum absolute atomic E-state index is 0.351. The molecule has 3 rings (SSSR count). The molecule has 1 aromatic carbocycles. The Hall–Kier alpha value is -1.53. The van der Waals surface area contributed by atoms with Gasteiger partial charge in [-0.1, -0.05) is 6.07 Å². The maximum atomic E-state index is 6.13. The number of hydrogen-bond acceptors (Lipinski definition) is 4. The predicted octanol–water partition coefficient (Wildman–Crippen LogP) is 1.45. The van der Waals surface area contributed by atoms with Crippen molar-refractivity contribution in [3.8, 4) is 0 Å². The van der Waals surface area contributed by atoms with E-state index >= 15 is 0 Å². The molecule has 0 saturated carbocycles. The highest BCUT2D eigenvalue weighted by Crippen LogP contribution is 2.36. The lowest BCUT2D eigenvalue weighted by molar-refractivity contribution is 0.00578. The van der Waals surface area contributed by atoms with Gasteiger partial charge >= 0.3 is 7.12 Å². The summed E-state index contributed by atoms with van der Waals surface area (Å²) in [6.07, 6.45) is 1.81. The van der Waals surface area contributed by atoms with Crippen LogP contribution in [0.3, 0.4) is 0 Å². The van der Waals surface area contributed by atoms with Gasteiger partial charge in [-0.2, -0.15) is 5.10 Å². The van der Waals surface area contributed by atoms with Crippen LogP contribution in [0, 0.1) is 0 Å². The molecule has 0 atom stereocenters. The molecule has 1 aromatic heterocycles. The maximum absolute atomic E-state index is 6.13. The molecule has 1 saturated heterocycles. The van der Waals surface area contributed by atoms with Crippen molar-refractivity contribution in [2.75, 3.05) is 5.73 Å². The van der Waals surface area contributed by atoms with E-state index in [1.165, 1.54) is 0 Å². The van der Waals surface area contributed by atoms with Crippen LogP contribution in [0.2, 0.25) is 0 Å². The number of anilines is 1. The molecule has 2 aromatic rings.